The molecule has 1 N–H and O–H groups in total. The number of rotatable bonds is 4. The predicted octanol–water partition coefficient (Wildman–Crippen LogP) is 3.17. The molecule has 0 saturated heterocycles. The van der Waals surface area contributed by atoms with Crippen LogP contribution < -0.4 is 0 Å². The van der Waals surface area contributed by atoms with Crippen LogP contribution in [0.2, 0.25) is 0 Å². The maximum Gasteiger partial charge on any atom is 0.0855 e. The molecule has 4 heteroatoms. The Morgan fingerprint density at radius 2 is 2.16 bits per heavy atom. The van der Waals surface area contributed by atoms with E-state index in [0.717, 1.165) is 26.9 Å². The highest BCUT2D eigenvalue weighted by Gasteiger charge is 2.15. The van der Waals surface area contributed by atoms with Crippen molar-refractivity contribution in [2.75, 3.05) is 0 Å². The van der Waals surface area contributed by atoms with Crippen LogP contribution in [0.5, 0.6) is 0 Å². The lowest BCUT2D eigenvalue weighted by Gasteiger charge is -2.14. The van der Waals surface area contributed by atoms with E-state index < -0.39 is 6.10 Å². The van der Waals surface area contributed by atoms with Gasteiger partial charge in [-0.2, -0.15) is 5.10 Å². The lowest BCUT2D eigenvalue weighted by atomic mass is 10.0. The number of hydrogen-bond donors (Lipinski definition) is 1. The van der Waals surface area contributed by atoms with Gasteiger partial charge in [-0.3, -0.25) is 4.68 Å². The van der Waals surface area contributed by atoms with Gasteiger partial charge in [-0.1, -0.05) is 25.1 Å². The standard InChI is InChI=1S/C15H19IN2O/c1-4-11-8-12(18(3)17-11)9-14(19)13-7-5-6-10(2)15(13)16/h5-8,14,19H,4,9H2,1-3H3. The van der Waals surface area contributed by atoms with Crippen molar-refractivity contribution in [1.29, 1.82) is 0 Å². The molecule has 0 spiro atoms. The van der Waals surface area contributed by atoms with Crippen LogP contribution in [0.25, 0.3) is 0 Å². The molecule has 0 saturated carbocycles. The van der Waals surface area contributed by atoms with Crippen molar-refractivity contribution in [2.24, 2.45) is 7.05 Å². The zero-order valence-electron chi connectivity index (χ0n) is 11.5. The van der Waals surface area contributed by atoms with Crippen molar-refractivity contribution in [2.45, 2.75) is 32.8 Å². The van der Waals surface area contributed by atoms with Gasteiger partial charge in [0.05, 0.1) is 11.8 Å². The fourth-order valence-electron chi connectivity index (χ4n) is 2.17. The molecule has 1 atom stereocenters. The number of hydrogen-bond acceptors (Lipinski definition) is 2. The lowest BCUT2D eigenvalue weighted by Crippen LogP contribution is -2.08. The van der Waals surface area contributed by atoms with Gasteiger partial charge in [0.15, 0.2) is 0 Å². The van der Waals surface area contributed by atoms with Crippen LogP contribution in [-0.2, 0) is 19.9 Å². The van der Waals surface area contributed by atoms with Gasteiger partial charge in [0.1, 0.15) is 0 Å². The summed E-state index contributed by atoms with van der Waals surface area (Å²) in [5, 5.41) is 14.9. The zero-order valence-corrected chi connectivity index (χ0v) is 13.7. The molecule has 0 aliphatic carbocycles. The molecule has 3 nitrogen and oxygen atoms in total. The molecule has 0 radical (unpaired) electrons. The predicted molar refractivity (Wildman–Crippen MR) is 85.1 cm³/mol. The lowest BCUT2D eigenvalue weighted by molar-refractivity contribution is 0.175. The Bertz CT molecular complexity index is 578. The van der Waals surface area contributed by atoms with Crippen LogP contribution in [0, 0.1) is 10.5 Å². The van der Waals surface area contributed by atoms with Crippen LogP contribution in [0.4, 0.5) is 0 Å². The molecule has 0 aliphatic heterocycles. The molecular weight excluding hydrogens is 351 g/mol. The molecular formula is C15H19IN2O. The van der Waals surface area contributed by atoms with Crippen LogP contribution >= 0.6 is 22.6 Å². The van der Waals surface area contributed by atoms with Gasteiger partial charge >= 0.3 is 0 Å². The smallest absolute Gasteiger partial charge is 0.0855 e. The average molecular weight is 370 g/mol. The molecule has 19 heavy (non-hydrogen) atoms. The monoisotopic (exact) mass is 370 g/mol. The van der Waals surface area contributed by atoms with Crippen molar-refractivity contribution in [3.05, 3.63) is 50.4 Å². The number of aliphatic hydroxyl groups is 1. The first-order valence-electron chi connectivity index (χ1n) is 6.47. The fraction of sp³-hybridized carbons (Fsp3) is 0.400. The highest BCUT2D eigenvalue weighted by atomic mass is 127. The number of aryl methyl sites for hydroxylation is 3. The molecule has 1 aromatic carbocycles. The summed E-state index contributed by atoms with van der Waals surface area (Å²) in [6.45, 7) is 4.16. The second-order valence-electron chi connectivity index (χ2n) is 4.80. The minimum atomic E-state index is -0.480. The first-order valence-corrected chi connectivity index (χ1v) is 7.55. The zero-order chi connectivity index (χ0) is 14.0. The van der Waals surface area contributed by atoms with Gasteiger partial charge in [0.25, 0.3) is 0 Å². The number of aromatic nitrogens is 2. The van der Waals surface area contributed by atoms with Crippen molar-refractivity contribution >= 4 is 22.6 Å². The molecule has 0 amide bonds. The van der Waals surface area contributed by atoms with Crippen LogP contribution in [0.1, 0.15) is 35.5 Å². The quantitative estimate of drug-likeness (QED) is 0.840. The molecule has 2 aromatic rings. The first-order chi connectivity index (χ1) is 9.02. The maximum absolute atomic E-state index is 10.4. The van der Waals surface area contributed by atoms with Crippen LogP contribution in [0.15, 0.2) is 24.3 Å². The summed E-state index contributed by atoms with van der Waals surface area (Å²) in [4.78, 5) is 0. The topological polar surface area (TPSA) is 38.0 Å². The highest BCUT2D eigenvalue weighted by Crippen LogP contribution is 2.25. The van der Waals surface area contributed by atoms with E-state index in [1.54, 1.807) is 0 Å². The molecule has 0 fully saturated rings. The Hall–Kier alpha value is -0.880. The molecule has 102 valence electrons. The van der Waals surface area contributed by atoms with E-state index in [4.69, 9.17) is 0 Å². The molecule has 1 aromatic heterocycles. The summed E-state index contributed by atoms with van der Waals surface area (Å²) >= 11 is 2.30. The van der Waals surface area contributed by atoms with Gasteiger partial charge < -0.3 is 5.11 Å². The van der Waals surface area contributed by atoms with Gasteiger partial charge in [-0.25, -0.2) is 0 Å². The summed E-state index contributed by atoms with van der Waals surface area (Å²) in [5.41, 5.74) is 4.35. The van der Waals surface area contributed by atoms with E-state index in [-0.39, 0.29) is 0 Å². The highest BCUT2D eigenvalue weighted by molar-refractivity contribution is 14.1. The van der Waals surface area contributed by atoms with Crippen molar-refractivity contribution in [3.8, 4) is 0 Å². The molecule has 1 heterocycles. The van der Waals surface area contributed by atoms with E-state index in [0.29, 0.717) is 6.42 Å². The molecule has 1 unspecified atom stereocenters. The van der Waals surface area contributed by atoms with Crippen molar-refractivity contribution in [1.82, 2.24) is 9.78 Å². The SMILES string of the molecule is CCc1cc(CC(O)c2cccc(C)c2I)n(C)n1. The van der Waals surface area contributed by atoms with E-state index in [2.05, 4.69) is 53.7 Å². The van der Waals surface area contributed by atoms with Crippen LogP contribution in [-0.4, -0.2) is 14.9 Å². The van der Waals surface area contributed by atoms with Crippen LogP contribution in [0.3, 0.4) is 0 Å². The van der Waals surface area contributed by atoms with Crippen molar-refractivity contribution in [3.63, 3.8) is 0 Å². The number of halogens is 1. The minimum absolute atomic E-state index is 0.480. The summed E-state index contributed by atoms with van der Waals surface area (Å²) in [5.74, 6) is 0. The van der Waals surface area contributed by atoms with Gasteiger partial charge in [-0.05, 0) is 53.1 Å². The number of aliphatic hydroxyl groups excluding tert-OH is 1. The maximum atomic E-state index is 10.4. The number of nitrogens with zero attached hydrogens (tertiary/aromatic N) is 2. The average Bonchev–Trinajstić information content (AvgIpc) is 2.73. The first kappa shape index (κ1) is 14.5. The Labute approximate surface area is 127 Å². The summed E-state index contributed by atoms with van der Waals surface area (Å²) in [6, 6.07) is 8.14. The van der Waals surface area contributed by atoms with E-state index in [9.17, 15) is 5.11 Å². The largest absolute Gasteiger partial charge is 0.388 e. The molecule has 2 rings (SSSR count). The Morgan fingerprint density at radius 1 is 1.42 bits per heavy atom. The van der Waals surface area contributed by atoms with E-state index in [1.807, 2.05) is 23.9 Å². The second-order valence-corrected chi connectivity index (χ2v) is 5.88. The van der Waals surface area contributed by atoms with Gasteiger partial charge in [-0.15, -0.1) is 0 Å². The second kappa shape index (κ2) is 6.05. The molecule has 0 bridgehead atoms. The number of benzene rings is 1. The van der Waals surface area contributed by atoms with E-state index >= 15 is 0 Å². The third-order valence-corrected chi connectivity index (χ3v) is 4.85. The summed E-state index contributed by atoms with van der Waals surface area (Å²) < 4.78 is 3.01. The van der Waals surface area contributed by atoms with E-state index in [1.165, 1.54) is 5.56 Å². The molecule has 0 aliphatic rings. The summed E-state index contributed by atoms with van der Waals surface area (Å²) in [6.07, 6.45) is 1.04. The van der Waals surface area contributed by atoms with Gasteiger partial charge in [0.2, 0.25) is 0 Å². The van der Waals surface area contributed by atoms with Crippen molar-refractivity contribution < 1.29 is 5.11 Å². The Balaban J connectivity index is 2.22. The third kappa shape index (κ3) is 3.17. The normalized spacial score (nSPS) is 12.7. The minimum Gasteiger partial charge on any atom is -0.388 e. The Morgan fingerprint density at radius 3 is 2.79 bits per heavy atom. The summed E-state index contributed by atoms with van der Waals surface area (Å²) in [7, 11) is 1.93. The Kier molecular flexibility index (Phi) is 4.62. The fourth-order valence-corrected chi connectivity index (χ4v) is 2.89. The van der Waals surface area contributed by atoms with Gasteiger partial charge in [0, 0.05) is 22.7 Å². The third-order valence-electron chi connectivity index (χ3n) is 3.37.